The summed E-state index contributed by atoms with van der Waals surface area (Å²) in [5.41, 5.74) is 0.0330. The number of carboxylic acids is 1. The van der Waals surface area contributed by atoms with Gasteiger partial charge in [-0.05, 0) is 19.9 Å². The number of hydrogen-bond donors (Lipinski definition) is 1. The fourth-order valence-electron chi connectivity index (χ4n) is 1.18. The minimum absolute atomic E-state index is 0.395. The van der Waals surface area contributed by atoms with Gasteiger partial charge in [0.2, 0.25) is 0 Å². The van der Waals surface area contributed by atoms with E-state index in [1.54, 1.807) is 19.1 Å². The average molecular weight is 187 g/mol. The molecule has 0 amide bonds. The second-order valence-corrected chi connectivity index (χ2v) is 3.76. The molecule has 0 saturated heterocycles. The minimum atomic E-state index is -0.817. The predicted octanol–water partition coefficient (Wildman–Crippen LogP) is 2.55. The van der Waals surface area contributed by atoms with E-state index in [1.165, 1.54) is 0 Å². The zero-order chi connectivity index (χ0) is 9.35. The first-order chi connectivity index (χ1) is 5.47. The Bertz CT molecular complexity index is 278. The van der Waals surface area contributed by atoms with Gasteiger partial charge in [-0.25, -0.2) is 0 Å². The number of hydrogen-bond acceptors (Lipinski definition) is 1. The fraction of sp³-hybridized carbons (Fsp3) is 0.444. The van der Waals surface area contributed by atoms with Crippen LogP contribution in [-0.2, 0) is 4.79 Å². The molecular formula is C9H11ClO2. The highest BCUT2D eigenvalue weighted by molar-refractivity contribution is 6.30. The second-order valence-electron chi connectivity index (χ2n) is 3.28. The van der Waals surface area contributed by atoms with Crippen LogP contribution in [0.5, 0.6) is 0 Å². The molecule has 0 spiro atoms. The van der Waals surface area contributed by atoms with Gasteiger partial charge >= 0.3 is 5.97 Å². The highest BCUT2D eigenvalue weighted by Crippen LogP contribution is 2.38. The van der Waals surface area contributed by atoms with E-state index in [-0.39, 0.29) is 0 Å². The zero-order valence-corrected chi connectivity index (χ0v) is 7.85. The quantitative estimate of drug-likeness (QED) is 0.684. The smallest absolute Gasteiger partial charge is 0.313 e. The summed E-state index contributed by atoms with van der Waals surface area (Å²) in [5, 5.41) is 9.56. The third-order valence-electron chi connectivity index (χ3n) is 2.38. The molecule has 12 heavy (non-hydrogen) atoms. The van der Waals surface area contributed by atoms with E-state index >= 15 is 0 Å². The van der Waals surface area contributed by atoms with Crippen molar-refractivity contribution >= 4 is 17.6 Å². The van der Waals surface area contributed by atoms with Gasteiger partial charge in [0, 0.05) is 11.5 Å². The molecule has 1 rings (SSSR count). The Kier molecular flexibility index (Phi) is 2.29. The Morgan fingerprint density at radius 1 is 1.67 bits per heavy atom. The first kappa shape index (κ1) is 9.33. The normalized spacial score (nSPS) is 29.2. The van der Waals surface area contributed by atoms with Gasteiger partial charge in [-0.15, -0.1) is 0 Å². The molecule has 0 aromatic rings. The second kappa shape index (κ2) is 2.94. The molecule has 0 aliphatic heterocycles. The molecule has 0 aromatic carbocycles. The summed E-state index contributed by atoms with van der Waals surface area (Å²) in [6, 6.07) is 0. The van der Waals surface area contributed by atoms with Gasteiger partial charge < -0.3 is 5.11 Å². The highest BCUT2D eigenvalue weighted by Gasteiger charge is 2.36. The first-order valence-electron chi connectivity index (χ1n) is 3.73. The predicted molar refractivity (Wildman–Crippen MR) is 48.1 cm³/mol. The average Bonchev–Trinajstić information content (AvgIpc) is 1.97. The summed E-state index contributed by atoms with van der Waals surface area (Å²) in [6.07, 6.45) is 3.91. The number of carboxylic acid groups (broad SMARTS) is 1. The Morgan fingerprint density at radius 2 is 2.25 bits per heavy atom. The maximum Gasteiger partial charge on any atom is 0.313 e. The van der Waals surface area contributed by atoms with Crippen LogP contribution in [0.4, 0.5) is 0 Å². The summed E-state index contributed by atoms with van der Waals surface area (Å²) in [4.78, 5) is 10.9. The summed E-state index contributed by atoms with van der Waals surface area (Å²) in [6.45, 7) is 3.50. The van der Waals surface area contributed by atoms with Crippen LogP contribution in [0.1, 0.15) is 20.3 Å². The lowest BCUT2D eigenvalue weighted by atomic mass is 9.77. The topological polar surface area (TPSA) is 37.3 Å². The maximum absolute atomic E-state index is 10.9. The van der Waals surface area contributed by atoms with Gasteiger partial charge in [0.05, 0.1) is 5.41 Å². The van der Waals surface area contributed by atoms with E-state index in [9.17, 15) is 4.79 Å². The van der Waals surface area contributed by atoms with Crippen molar-refractivity contribution in [1.29, 1.82) is 0 Å². The Balaban J connectivity index is 3.04. The van der Waals surface area contributed by atoms with E-state index in [2.05, 4.69) is 0 Å². The van der Waals surface area contributed by atoms with Crippen molar-refractivity contribution in [3.8, 4) is 0 Å². The Morgan fingerprint density at radius 3 is 2.67 bits per heavy atom. The molecule has 0 saturated carbocycles. The third-order valence-corrected chi connectivity index (χ3v) is 2.64. The van der Waals surface area contributed by atoms with Crippen LogP contribution in [-0.4, -0.2) is 11.1 Å². The van der Waals surface area contributed by atoms with Gasteiger partial charge in [-0.2, -0.15) is 0 Å². The lowest BCUT2D eigenvalue weighted by molar-refractivity contribution is -0.145. The molecule has 0 fully saturated rings. The molecule has 1 unspecified atom stereocenters. The van der Waals surface area contributed by atoms with Crippen molar-refractivity contribution < 1.29 is 9.90 Å². The van der Waals surface area contributed by atoms with Crippen molar-refractivity contribution in [3.63, 3.8) is 0 Å². The molecule has 0 radical (unpaired) electrons. The van der Waals surface area contributed by atoms with E-state index in [0.717, 1.165) is 5.57 Å². The van der Waals surface area contributed by atoms with Crippen molar-refractivity contribution in [2.75, 3.05) is 0 Å². The molecule has 1 N–H and O–H groups in total. The molecular weight excluding hydrogens is 176 g/mol. The Hall–Kier alpha value is -0.760. The molecule has 1 atom stereocenters. The van der Waals surface area contributed by atoms with E-state index in [4.69, 9.17) is 16.7 Å². The van der Waals surface area contributed by atoms with Crippen LogP contribution in [0, 0.1) is 5.41 Å². The first-order valence-corrected chi connectivity index (χ1v) is 4.11. The largest absolute Gasteiger partial charge is 0.481 e. The van der Waals surface area contributed by atoms with Gasteiger partial charge in [0.15, 0.2) is 0 Å². The fourth-order valence-corrected chi connectivity index (χ4v) is 1.51. The lowest BCUT2D eigenvalue weighted by Crippen LogP contribution is -2.30. The molecule has 66 valence electrons. The monoisotopic (exact) mass is 186 g/mol. The molecule has 3 heteroatoms. The van der Waals surface area contributed by atoms with Gasteiger partial charge in [-0.1, -0.05) is 23.3 Å². The Labute approximate surface area is 76.5 Å². The molecule has 2 nitrogen and oxygen atoms in total. The van der Waals surface area contributed by atoms with Gasteiger partial charge in [-0.3, -0.25) is 4.79 Å². The van der Waals surface area contributed by atoms with Crippen LogP contribution in [0.3, 0.4) is 0 Å². The third kappa shape index (κ3) is 1.39. The molecule has 0 heterocycles. The van der Waals surface area contributed by atoms with Crippen LogP contribution in [0.2, 0.25) is 0 Å². The zero-order valence-electron chi connectivity index (χ0n) is 7.10. The van der Waals surface area contributed by atoms with Crippen LogP contribution in [0.15, 0.2) is 22.8 Å². The number of halogens is 1. The summed E-state index contributed by atoms with van der Waals surface area (Å²) < 4.78 is 0. The number of carbonyl (C=O) groups is 1. The molecule has 1 aliphatic rings. The molecule has 1 aliphatic carbocycles. The standard InChI is InChI=1S/C9H11ClO2/c1-6-3-4-7(10)5-9(6,2)8(11)12/h3-4H,5H2,1-2H3,(H,11,12). The van der Waals surface area contributed by atoms with Crippen LogP contribution in [0.25, 0.3) is 0 Å². The SMILES string of the molecule is CC1=CC=C(Cl)CC1(C)C(=O)O. The van der Waals surface area contributed by atoms with E-state index in [1.807, 2.05) is 6.92 Å². The molecule has 0 aromatic heterocycles. The van der Waals surface area contributed by atoms with E-state index in [0.29, 0.717) is 11.5 Å². The summed E-state index contributed by atoms with van der Waals surface area (Å²) >= 11 is 5.76. The van der Waals surface area contributed by atoms with Gasteiger partial charge in [0.25, 0.3) is 0 Å². The maximum atomic E-state index is 10.9. The molecule has 0 bridgehead atoms. The summed E-state index contributed by atoms with van der Waals surface area (Å²) in [5.74, 6) is -0.817. The van der Waals surface area contributed by atoms with Crippen molar-refractivity contribution in [2.24, 2.45) is 5.41 Å². The van der Waals surface area contributed by atoms with Crippen LogP contribution < -0.4 is 0 Å². The van der Waals surface area contributed by atoms with Crippen LogP contribution >= 0.6 is 11.6 Å². The minimum Gasteiger partial charge on any atom is -0.481 e. The van der Waals surface area contributed by atoms with E-state index < -0.39 is 11.4 Å². The van der Waals surface area contributed by atoms with Gasteiger partial charge in [0.1, 0.15) is 0 Å². The summed E-state index contributed by atoms with van der Waals surface area (Å²) in [7, 11) is 0. The van der Waals surface area contributed by atoms with Crippen molar-refractivity contribution in [1.82, 2.24) is 0 Å². The lowest BCUT2D eigenvalue weighted by Gasteiger charge is -2.27. The number of allylic oxidation sites excluding steroid dienone is 3. The highest BCUT2D eigenvalue weighted by atomic mass is 35.5. The van der Waals surface area contributed by atoms with Crippen molar-refractivity contribution in [3.05, 3.63) is 22.8 Å². The van der Waals surface area contributed by atoms with Crippen molar-refractivity contribution in [2.45, 2.75) is 20.3 Å². The number of rotatable bonds is 1. The number of aliphatic carboxylic acids is 1.